The van der Waals surface area contributed by atoms with E-state index in [2.05, 4.69) is 24.4 Å². The Morgan fingerprint density at radius 2 is 2.00 bits per heavy atom. The first-order valence-electron chi connectivity index (χ1n) is 5.66. The Kier molecular flexibility index (Phi) is 3.27. The second kappa shape index (κ2) is 4.67. The number of nitrogens with one attached hydrogen (secondary N) is 1. The highest BCUT2D eigenvalue weighted by Gasteiger charge is 2.27. The lowest BCUT2D eigenvalue weighted by molar-refractivity contribution is 0.414. The van der Waals surface area contributed by atoms with Crippen molar-refractivity contribution in [3.05, 3.63) is 29.8 Å². The molecule has 0 aromatic heterocycles. The van der Waals surface area contributed by atoms with Gasteiger partial charge in [-0.1, -0.05) is 12.1 Å². The minimum atomic E-state index is 0.659. The van der Waals surface area contributed by atoms with E-state index in [9.17, 15) is 0 Å². The number of rotatable bonds is 5. The third-order valence-electron chi connectivity index (χ3n) is 3.12. The van der Waals surface area contributed by atoms with Gasteiger partial charge in [-0.3, -0.25) is 0 Å². The van der Waals surface area contributed by atoms with Gasteiger partial charge in [-0.15, -0.1) is 0 Å². The third-order valence-corrected chi connectivity index (χ3v) is 3.12. The van der Waals surface area contributed by atoms with Crippen molar-refractivity contribution in [1.82, 2.24) is 5.32 Å². The number of benzene rings is 1. The zero-order valence-electron chi connectivity index (χ0n) is 9.49. The molecular formula is C13H19NO. The van der Waals surface area contributed by atoms with Gasteiger partial charge in [-0.25, -0.2) is 0 Å². The van der Waals surface area contributed by atoms with E-state index < -0.39 is 0 Å². The van der Waals surface area contributed by atoms with E-state index in [0.29, 0.717) is 6.04 Å². The van der Waals surface area contributed by atoms with Crippen LogP contribution >= 0.6 is 0 Å². The second-order valence-electron chi connectivity index (χ2n) is 4.36. The summed E-state index contributed by atoms with van der Waals surface area (Å²) in [5, 5.41) is 3.56. The fourth-order valence-electron chi connectivity index (χ4n) is 1.79. The van der Waals surface area contributed by atoms with Crippen molar-refractivity contribution in [1.29, 1.82) is 0 Å². The van der Waals surface area contributed by atoms with Crippen molar-refractivity contribution in [3.63, 3.8) is 0 Å². The van der Waals surface area contributed by atoms with Crippen LogP contribution in [0.15, 0.2) is 24.3 Å². The maximum absolute atomic E-state index is 5.12. The molecule has 1 aromatic carbocycles. The summed E-state index contributed by atoms with van der Waals surface area (Å²) in [4.78, 5) is 0. The normalized spacial score (nSPS) is 17.5. The highest BCUT2D eigenvalue weighted by Crippen LogP contribution is 2.32. The first kappa shape index (κ1) is 10.5. The first-order valence-corrected chi connectivity index (χ1v) is 5.66. The van der Waals surface area contributed by atoms with Crippen LogP contribution in [0.4, 0.5) is 0 Å². The van der Waals surface area contributed by atoms with Gasteiger partial charge in [0.25, 0.3) is 0 Å². The average Bonchev–Trinajstić information content (AvgIpc) is 3.10. The van der Waals surface area contributed by atoms with Crippen molar-refractivity contribution in [3.8, 4) is 5.75 Å². The van der Waals surface area contributed by atoms with Crippen molar-refractivity contribution in [2.24, 2.45) is 5.92 Å². The summed E-state index contributed by atoms with van der Waals surface area (Å²) in [5.74, 6) is 1.84. The smallest absolute Gasteiger partial charge is 0.118 e. The largest absolute Gasteiger partial charge is 0.497 e. The lowest BCUT2D eigenvalue weighted by atomic mass is 10.2. The summed E-state index contributed by atoms with van der Waals surface area (Å²) in [6.07, 6.45) is 2.80. The maximum atomic E-state index is 5.12. The zero-order chi connectivity index (χ0) is 10.7. The second-order valence-corrected chi connectivity index (χ2v) is 4.36. The molecule has 0 unspecified atom stereocenters. The quantitative estimate of drug-likeness (QED) is 0.797. The number of methoxy groups -OCH3 is 1. The van der Waals surface area contributed by atoms with Crippen LogP contribution in [0.2, 0.25) is 0 Å². The van der Waals surface area contributed by atoms with Crippen molar-refractivity contribution < 1.29 is 4.74 Å². The Bertz CT molecular complexity index is 303. The van der Waals surface area contributed by atoms with Crippen LogP contribution in [0.1, 0.15) is 25.3 Å². The molecule has 1 fully saturated rings. The average molecular weight is 205 g/mol. The van der Waals surface area contributed by atoms with E-state index in [0.717, 1.165) is 18.2 Å². The van der Waals surface area contributed by atoms with Gasteiger partial charge in [-0.2, -0.15) is 0 Å². The first-order chi connectivity index (χ1) is 7.29. The molecule has 0 spiro atoms. The standard InChI is InChI=1S/C13H19NO/c1-10(12-5-6-12)14-9-11-3-7-13(15-2)8-4-11/h3-4,7-8,10,12,14H,5-6,9H2,1-2H3/t10-/m0/s1. The van der Waals surface area contributed by atoms with E-state index in [1.54, 1.807) is 7.11 Å². The lowest BCUT2D eigenvalue weighted by Gasteiger charge is -2.12. The topological polar surface area (TPSA) is 21.3 Å². The molecule has 2 heteroatoms. The van der Waals surface area contributed by atoms with Crippen molar-refractivity contribution >= 4 is 0 Å². The van der Waals surface area contributed by atoms with Crippen LogP contribution in [0, 0.1) is 5.92 Å². The minimum absolute atomic E-state index is 0.659. The summed E-state index contributed by atoms with van der Waals surface area (Å²) in [6, 6.07) is 8.92. The molecule has 1 atom stereocenters. The molecule has 1 aliphatic rings. The van der Waals surface area contributed by atoms with E-state index in [-0.39, 0.29) is 0 Å². The van der Waals surface area contributed by atoms with E-state index in [1.165, 1.54) is 18.4 Å². The van der Waals surface area contributed by atoms with Gasteiger partial charge in [0.15, 0.2) is 0 Å². The molecule has 0 bridgehead atoms. The molecule has 82 valence electrons. The van der Waals surface area contributed by atoms with Crippen molar-refractivity contribution in [2.75, 3.05) is 7.11 Å². The van der Waals surface area contributed by atoms with Crippen LogP contribution in [0.5, 0.6) is 5.75 Å². The maximum Gasteiger partial charge on any atom is 0.118 e. The molecule has 0 saturated heterocycles. The summed E-state index contributed by atoms with van der Waals surface area (Å²) < 4.78 is 5.12. The number of ether oxygens (including phenoxy) is 1. The fourth-order valence-corrected chi connectivity index (χ4v) is 1.79. The molecule has 0 heterocycles. The lowest BCUT2D eigenvalue weighted by Crippen LogP contribution is -2.27. The molecule has 1 aliphatic carbocycles. The molecule has 1 saturated carbocycles. The molecule has 1 N–H and O–H groups in total. The monoisotopic (exact) mass is 205 g/mol. The van der Waals surface area contributed by atoms with Crippen LogP contribution in [-0.2, 0) is 6.54 Å². The van der Waals surface area contributed by atoms with Crippen LogP contribution in [0.25, 0.3) is 0 Å². The highest BCUT2D eigenvalue weighted by molar-refractivity contribution is 5.27. The number of hydrogen-bond donors (Lipinski definition) is 1. The molecule has 2 nitrogen and oxygen atoms in total. The fraction of sp³-hybridized carbons (Fsp3) is 0.538. The molecule has 0 amide bonds. The van der Waals surface area contributed by atoms with Gasteiger partial charge in [-0.05, 0) is 43.4 Å². The number of hydrogen-bond acceptors (Lipinski definition) is 2. The van der Waals surface area contributed by atoms with Gasteiger partial charge < -0.3 is 10.1 Å². The van der Waals surface area contributed by atoms with Gasteiger partial charge in [0.1, 0.15) is 5.75 Å². The molecule has 0 aliphatic heterocycles. The molecule has 15 heavy (non-hydrogen) atoms. The van der Waals surface area contributed by atoms with Gasteiger partial charge in [0.2, 0.25) is 0 Å². The molecule has 2 rings (SSSR count). The van der Waals surface area contributed by atoms with Gasteiger partial charge in [0, 0.05) is 12.6 Å². The molecule has 1 aromatic rings. The van der Waals surface area contributed by atoms with E-state index in [4.69, 9.17) is 4.74 Å². The van der Waals surface area contributed by atoms with E-state index >= 15 is 0 Å². The Morgan fingerprint density at radius 3 is 2.53 bits per heavy atom. The Morgan fingerprint density at radius 1 is 1.33 bits per heavy atom. The summed E-state index contributed by atoms with van der Waals surface area (Å²) in [7, 11) is 1.70. The van der Waals surface area contributed by atoms with Crippen molar-refractivity contribution in [2.45, 2.75) is 32.4 Å². The summed E-state index contributed by atoms with van der Waals surface area (Å²) in [6.45, 7) is 3.24. The third kappa shape index (κ3) is 2.96. The van der Waals surface area contributed by atoms with E-state index in [1.807, 2.05) is 12.1 Å². The minimum Gasteiger partial charge on any atom is -0.497 e. The Hall–Kier alpha value is -1.02. The predicted molar refractivity (Wildman–Crippen MR) is 62.0 cm³/mol. The SMILES string of the molecule is COc1ccc(CN[C@@H](C)C2CC2)cc1. The zero-order valence-corrected chi connectivity index (χ0v) is 9.49. The van der Waals surface area contributed by atoms with Crippen LogP contribution in [-0.4, -0.2) is 13.2 Å². The summed E-state index contributed by atoms with van der Waals surface area (Å²) >= 11 is 0. The molecular weight excluding hydrogens is 186 g/mol. The Balaban J connectivity index is 1.81. The predicted octanol–water partition coefficient (Wildman–Crippen LogP) is 2.58. The van der Waals surface area contributed by atoms with Gasteiger partial charge in [0.05, 0.1) is 7.11 Å². The van der Waals surface area contributed by atoms with Crippen LogP contribution in [0.3, 0.4) is 0 Å². The Labute approximate surface area is 91.6 Å². The van der Waals surface area contributed by atoms with Crippen LogP contribution < -0.4 is 10.1 Å². The van der Waals surface area contributed by atoms with Gasteiger partial charge >= 0.3 is 0 Å². The summed E-state index contributed by atoms with van der Waals surface area (Å²) in [5.41, 5.74) is 1.32. The molecule has 0 radical (unpaired) electrons. The highest BCUT2D eigenvalue weighted by atomic mass is 16.5.